The van der Waals surface area contributed by atoms with Crippen molar-refractivity contribution in [3.05, 3.63) is 95.2 Å². The Morgan fingerprint density at radius 2 is 1.57 bits per heavy atom. The number of amides is 2. The summed E-state index contributed by atoms with van der Waals surface area (Å²) >= 11 is 0. The summed E-state index contributed by atoms with van der Waals surface area (Å²) in [6.45, 7) is 11.4. The monoisotopic (exact) mass is 478 g/mol. The first kappa shape index (κ1) is 26.2. The Balaban J connectivity index is 1.81. The summed E-state index contributed by atoms with van der Waals surface area (Å²) < 4.78 is 18.8. The molecule has 0 radical (unpaired) electrons. The number of nitrogens with zero attached hydrogens (tertiary/aromatic N) is 2. The lowest BCUT2D eigenvalue weighted by Gasteiger charge is -2.29. The molecule has 0 saturated carbocycles. The number of furan rings is 1. The highest BCUT2D eigenvalue weighted by atomic mass is 19.1. The maximum atomic E-state index is 13.5. The number of hydrogen-bond acceptors (Lipinski definition) is 3. The third-order valence-corrected chi connectivity index (χ3v) is 5.76. The molecule has 0 aliphatic heterocycles. The zero-order valence-electron chi connectivity index (χ0n) is 21.3. The maximum absolute atomic E-state index is 13.5. The first-order chi connectivity index (χ1) is 16.5. The molecule has 3 rings (SSSR count). The van der Waals surface area contributed by atoms with Crippen molar-refractivity contribution in [3.8, 4) is 0 Å². The summed E-state index contributed by atoms with van der Waals surface area (Å²) in [6.07, 6.45) is 1.56. The van der Waals surface area contributed by atoms with E-state index in [1.54, 1.807) is 40.3 Å². The van der Waals surface area contributed by atoms with E-state index in [-0.39, 0.29) is 48.6 Å². The Kier molecular flexibility index (Phi) is 8.49. The van der Waals surface area contributed by atoms with Crippen LogP contribution >= 0.6 is 0 Å². The van der Waals surface area contributed by atoms with Gasteiger partial charge in [-0.2, -0.15) is 0 Å². The van der Waals surface area contributed by atoms with E-state index >= 15 is 0 Å². The Bertz CT molecular complexity index is 1100. The van der Waals surface area contributed by atoms with Gasteiger partial charge >= 0.3 is 0 Å². The lowest BCUT2D eigenvalue weighted by atomic mass is 9.86. The van der Waals surface area contributed by atoms with Crippen LogP contribution in [0.2, 0.25) is 0 Å². The van der Waals surface area contributed by atoms with Crippen molar-refractivity contribution in [2.45, 2.75) is 53.1 Å². The van der Waals surface area contributed by atoms with Crippen LogP contribution in [0, 0.1) is 11.7 Å². The SMILES string of the molecule is CC(C)CN(CC(=O)N(Cc1ccc(F)cc1)Cc1ccco1)C(=O)c1ccc(C(C)(C)C)cc1. The van der Waals surface area contributed by atoms with Gasteiger partial charge in [-0.3, -0.25) is 9.59 Å². The standard InChI is InChI=1S/C29H35FN2O3/c1-21(2)17-32(28(34)23-10-12-24(13-11-23)29(3,4)5)20-27(33)31(19-26-7-6-16-35-26)18-22-8-14-25(30)15-9-22/h6-16,21H,17-20H2,1-5H3. The van der Waals surface area contributed by atoms with Crippen molar-refractivity contribution in [2.24, 2.45) is 5.92 Å². The Morgan fingerprint density at radius 1 is 0.914 bits per heavy atom. The summed E-state index contributed by atoms with van der Waals surface area (Å²) in [5.74, 6) is 0.123. The summed E-state index contributed by atoms with van der Waals surface area (Å²) in [5, 5.41) is 0. The molecule has 2 amide bonds. The zero-order chi connectivity index (χ0) is 25.6. The fourth-order valence-electron chi connectivity index (χ4n) is 3.85. The molecule has 0 aliphatic rings. The maximum Gasteiger partial charge on any atom is 0.254 e. The molecule has 0 spiro atoms. The minimum absolute atomic E-state index is 0.0120. The van der Waals surface area contributed by atoms with Crippen molar-refractivity contribution < 1.29 is 18.4 Å². The number of carbonyl (C=O) groups is 2. The molecule has 0 N–H and O–H groups in total. The van der Waals surface area contributed by atoms with Gasteiger partial charge in [0.1, 0.15) is 18.1 Å². The minimum Gasteiger partial charge on any atom is -0.467 e. The highest BCUT2D eigenvalue weighted by Crippen LogP contribution is 2.23. The van der Waals surface area contributed by atoms with Gasteiger partial charge in [0.05, 0.1) is 12.8 Å². The van der Waals surface area contributed by atoms with Crippen LogP contribution in [0.3, 0.4) is 0 Å². The number of benzene rings is 2. The van der Waals surface area contributed by atoms with Crippen LogP contribution in [0.25, 0.3) is 0 Å². The van der Waals surface area contributed by atoms with Gasteiger partial charge < -0.3 is 14.2 Å². The molecule has 6 heteroatoms. The van der Waals surface area contributed by atoms with Crippen molar-refractivity contribution in [2.75, 3.05) is 13.1 Å². The van der Waals surface area contributed by atoms with E-state index in [1.165, 1.54) is 12.1 Å². The summed E-state index contributed by atoms with van der Waals surface area (Å²) in [4.78, 5) is 30.1. The molecule has 35 heavy (non-hydrogen) atoms. The zero-order valence-corrected chi connectivity index (χ0v) is 21.3. The second kappa shape index (κ2) is 11.3. The van der Waals surface area contributed by atoms with Crippen LogP contribution in [0.5, 0.6) is 0 Å². The number of carbonyl (C=O) groups excluding carboxylic acids is 2. The molecule has 1 aromatic heterocycles. The molecular formula is C29H35FN2O3. The molecule has 0 aliphatic carbocycles. The predicted octanol–water partition coefficient (Wildman–Crippen LogP) is 6.04. The van der Waals surface area contributed by atoms with Gasteiger partial charge in [0.2, 0.25) is 5.91 Å². The number of hydrogen-bond donors (Lipinski definition) is 0. The van der Waals surface area contributed by atoms with E-state index in [1.807, 2.05) is 38.1 Å². The minimum atomic E-state index is -0.330. The molecule has 186 valence electrons. The van der Waals surface area contributed by atoms with Crippen molar-refractivity contribution >= 4 is 11.8 Å². The molecule has 0 atom stereocenters. The average Bonchev–Trinajstić information content (AvgIpc) is 3.31. The molecule has 1 heterocycles. The van der Waals surface area contributed by atoms with Gasteiger partial charge in [0.25, 0.3) is 5.91 Å². The molecule has 2 aromatic carbocycles. The Morgan fingerprint density at radius 3 is 2.11 bits per heavy atom. The summed E-state index contributed by atoms with van der Waals surface area (Å²) in [6, 6.07) is 17.3. The van der Waals surface area contributed by atoms with Crippen molar-refractivity contribution in [3.63, 3.8) is 0 Å². The predicted molar refractivity (Wildman–Crippen MR) is 135 cm³/mol. The molecular weight excluding hydrogens is 443 g/mol. The van der Waals surface area contributed by atoms with Crippen LogP contribution in [-0.2, 0) is 23.3 Å². The van der Waals surface area contributed by atoms with E-state index in [4.69, 9.17) is 4.42 Å². The molecule has 0 fully saturated rings. The van der Waals surface area contributed by atoms with E-state index in [0.29, 0.717) is 17.9 Å². The van der Waals surface area contributed by atoms with Gasteiger partial charge in [0, 0.05) is 18.7 Å². The Labute approximate surface area is 207 Å². The van der Waals surface area contributed by atoms with Gasteiger partial charge in [-0.05, 0) is 58.9 Å². The van der Waals surface area contributed by atoms with Crippen LogP contribution < -0.4 is 0 Å². The van der Waals surface area contributed by atoms with Gasteiger partial charge in [0.15, 0.2) is 0 Å². The second-order valence-electron chi connectivity index (χ2n) is 10.4. The van der Waals surface area contributed by atoms with E-state index in [2.05, 4.69) is 20.8 Å². The molecule has 3 aromatic rings. The largest absolute Gasteiger partial charge is 0.467 e. The van der Waals surface area contributed by atoms with Gasteiger partial charge in [-0.15, -0.1) is 0 Å². The molecule has 0 unspecified atom stereocenters. The molecule has 0 saturated heterocycles. The smallest absolute Gasteiger partial charge is 0.254 e. The summed E-state index contributed by atoms with van der Waals surface area (Å²) in [5.41, 5.74) is 2.49. The number of halogens is 1. The van der Waals surface area contributed by atoms with Crippen LogP contribution in [0.15, 0.2) is 71.3 Å². The van der Waals surface area contributed by atoms with E-state index < -0.39 is 0 Å². The van der Waals surface area contributed by atoms with E-state index in [9.17, 15) is 14.0 Å². The number of rotatable bonds is 9. The quantitative estimate of drug-likeness (QED) is 0.377. The topological polar surface area (TPSA) is 53.8 Å². The second-order valence-corrected chi connectivity index (χ2v) is 10.4. The highest BCUT2D eigenvalue weighted by Gasteiger charge is 2.24. The van der Waals surface area contributed by atoms with Crippen molar-refractivity contribution in [1.29, 1.82) is 0 Å². The van der Waals surface area contributed by atoms with E-state index in [0.717, 1.165) is 11.1 Å². The first-order valence-electron chi connectivity index (χ1n) is 12.0. The Hall–Kier alpha value is -3.41. The highest BCUT2D eigenvalue weighted by molar-refractivity contribution is 5.96. The van der Waals surface area contributed by atoms with Gasteiger partial charge in [-0.25, -0.2) is 4.39 Å². The summed E-state index contributed by atoms with van der Waals surface area (Å²) in [7, 11) is 0. The van der Waals surface area contributed by atoms with Crippen LogP contribution in [0.4, 0.5) is 4.39 Å². The normalized spacial score (nSPS) is 11.5. The third-order valence-electron chi connectivity index (χ3n) is 5.76. The fourth-order valence-corrected chi connectivity index (χ4v) is 3.85. The molecule has 0 bridgehead atoms. The van der Waals surface area contributed by atoms with Crippen LogP contribution in [0.1, 0.15) is 61.9 Å². The lowest BCUT2D eigenvalue weighted by Crippen LogP contribution is -2.43. The van der Waals surface area contributed by atoms with Crippen molar-refractivity contribution in [1.82, 2.24) is 9.80 Å². The first-order valence-corrected chi connectivity index (χ1v) is 12.0. The average molecular weight is 479 g/mol. The van der Waals surface area contributed by atoms with Crippen LogP contribution in [-0.4, -0.2) is 34.7 Å². The lowest BCUT2D eigenvalue weighted by molar-refractivity contribution is -0.133. The van der Waals surface area contributed by atoms with Gasteiger partial charge in [-0.1, -0.05) is 58.9 Å². The third kappa shape index (κ3) is 7.54. The molecule has 5 nitrogen and oxygen atoms in total. The fraction of sp³-hybridized carbons (Fsp3) is 0.379.